The SMILES string of the molecule is COC1[C@@H](N)[C@@H](CO[Si](c2ccccc2)(c2ccccc2)C(C)(C)C)O[C@H]1n1cnc2c(NC(=O)c3ccccc3)ncnc21. The Labute approximate surface area is 263 Å². The first-order valence-corrected chi connectivity index (χ1v) is 16.9. The van der Waals surface area contributed by atoms with E-state index in [9.17, 15) is 4.79 Å². The van der Waals surface area contributed by atoms with Crippen LogP contribution in [0.4, 0.5) is 5.82 Å². The van der Waals surface area contributed by atoms with Crippen molar-refractivity contribution in [2.24, 2.45) is 5.73 Å². The van der Waals surface area contributed by atoms with Gasteiger partial charge in [-0.2, -0.15) is 0 Å². The van der Waals surface area contributed by atoms with Gasteiger partial charge in [-0.15, -0.1) is 0 Å². The van der Waals surface area contributed by atoms with Gasteiger partial charge in [0.25, 0.3) is 14.2 Å². The number of carbonyl (C=O) groups excluding carboxylic acids is 1. The summed E-state index contributed by atoms with van der Waals surface area (Å²) >= 11 is 0. The van der Waals surface area contributed by atoms with Crippen molar-refractivity contribution >= 4 is 41.6 Å². The van der Waals surface area contributed by atoms with E-state index < -0.39 is 32.8 Å². The smallest absolute Gasteiger partial charge is 0.261 e. The van der Waals surface area contributed by atoms with Crippen molar-refractivity contribution in [2.75, 3.05) is 19.0 Å². The van der Waals surface area contributed by atoms with Crippen molar-refractivity contribution in [1.82, 2.24) is 19.5 Å². The number of hydrogen-bond acceptors (Lipinski definition) is 8. The van der Waals surface area contributed by atoms with E-state index in [-0.39, 0.29) is 17.6 Å². The van der Waals surface area contributed by atoms with Crippen LogP contribution in [0.2, 0.25) is 5.04 Å². The Bertz CT molecular complexity index is 1710. The van der Waals surface area contributed by atoms with E-state index in [4.69, 9.17) is 19.6 Å². The molecule has 3 N–H and O–H groups in total. The number of benzene rings is 3. The number of imidazole rings is 1. The van der Waals surface area contributed by atoms with Gasteiger partial charge in [-0.3, -0.25) is 9.36 Å². The van der Waals surface area contributed by atoms with Crippen molar-refractivity contribution in [2.45, 2.75) is 50.3 Å². The molecule has 1 fully saturated rings. The van der Waals surface area contributed by atoms with Gasteiger partial charge in [-0.25, -0.2) is 15.0 Å². The monoisotopic (exact) mass is 622 g/mol. The maximum atomic E-state index is 12.9. The summed E-state index contributed by atoms with van der Waals surface area (Å²) < 4.78 is 21.5. The molecule has 0 radical (unpaired) electrons. The highest BCUT2D eigenvalue weighted by Crippen LogP contribution is 2.39. The predicted molar refractivity (Wildman–Crippen MR) is 176 cm³/mol. The van der Waals surface area contributed by atoms with Crippen LogP contribution in [0.1, 0.15) is 37.4 Å². The lowest BCUT2D eigenvalue weighted by atomic mass is 10.1. The van der Waals surface area contributed by atoms with E-state index in [1.54, 1.807) is 42.3 Å². The summed E-state index contributed by atoms with van der Waals surface area (Å²) in [6, 6.07) is 29.4. The summed E-state index contributed by atoms with van der Waals surface area (Å²) in [7, 11) is -1.20. The highest BCUT2D eigenvalue weighted by Gasteiger charge is 2.52. The number of anilines is 1. The van der Waals surface area contributed by atoms with Crippen molar-refractivity contribution < 1.29 is 18.7 Å². The number of amides is 1. The molecule has 1 saturated heterocycles. The van der Waals surface area contributed by atoms with Gasteiger partial charge >= 0.3 is 0 Å². The molecule has 232 valence electrons. The first-order valence-electron chi connectivity index (χ1n) is 15.0. The first kappa shape index (κ1) is 30.7. The Morgan fingerprint density at radius 2 is 1.53 bits per heavy atom. The standard InChI is InChI=1S/C34H38N6O4Si/c1-34(2,3)45(24-16-10-6-11-17-24,25-18-12-7-13-19-25)43-20-26-27(35)29(42-4)33(44-26)40-22-38-28-30(36-21-37-31(28)40)39-32(41)23-14-8-5-9-15-23/h5-19,21-22,26-27,29,33H,20,35H2,1-4H3,(H,36,37,39,41)/t26-,27+,29?,33-/m1/s1. The molecule has 11 heteroatoms. The number of ether oxygens (including phenoxy) is 2. The molecule has 5 aromatic rings. The maximum Gasteiger partial charge on any atom is 0.261 e. The average molecular weight is 623 g/mol. The van der Waals surface area contributed by atoms with Gasteiger partial charge in [-0.05, 0) is 27.5 Å². The zero-order valence-electron chi connectivity index (χ0n) is 25.8. The largest absolute Gasteiger partial charge is 0.405 e. The van der Waals surface area contributed by atoms with Crippen LogP contribution in [0.5, 0.6) is 0 Å². The number of methoxy groups -OCH3 is 1. The quantitative estimate of drug-likeness (QED) is 0.237. The topological polar surface area (TPSA) is 126 Å². The fraction of sp³-hybridized carbons (Fsp3) is 0.294. The number of fused-ring (bicyclic) bond motifs is 1. The molecule has 1 aliphatic heterocycles. The van der Waals surface area contributed by atoms with Gasteiger partial charge in [0.15, 0.2) is 23.2 Å². The minimum atomic E-state index is -2.82. The highest BCUT2D eigenvalue weighted by molar-refractivity contribution is 6.99. The Kier molecular flexibility index (Phi) is 8.62. The van der Waals surface area contributed by atoms with Gasteiger partial charge in [0.05, 0.1) is 19.0 Å². The van der Waals surface area contributed by atoms with Crippen LogP contribution in [0, 0.1) is 0 Å². The second-order valence-corrected chi connectivity index (χ2v) is 16.5. The fourth-order valence-corrected chi connectivity index (χ4v) is 10.8. The van der Waals surface area contributed by atoms with Crippen molar-refractivity contribution in [3.8, 4) is 0 Å². The molecule has 0 spiro atoms. The first-order chi connectivity index (χ1) is 21.7. The van der Waals surface area contributed by atoms with Crippen LogP contribution in [-0.2, 0) is 13.9 Å². The van der Waals surface area contributed by atoms with Crippen molar-refractivity contribution in [3.05, 3.63) is 109 Å². The van der Waals surface area contributed by atoms with E-state index in [1.165, 1.54) is 16.7 Å². The lowest BCUT2D eigenvalue weighted by Crippen LogP contribution is -2.67. The molecule has 1 aliphatic rings. The molecule has 10 nitrogen and oxygen atoms in total. The molecule has 0 bridgehead atoms. The van der Waals surface area contributed by atoms with Crippen LogP contribution in [0.3, 0.4) is 0 Å². The maximum absolute atomic E-state index is 12.9. The molecule has 4 atom stereocenters. The zero-order chi connectivity index (χ0) is 31.6. The summed E-state index contributed by atoms with van der Waals surface area (Å²) in [4.78, 5) is 26.2. The molecular weight excluding hydrogens is 584 g/mol. The zero-order valence-corrected chi connectivity index (χ0v) is 26.8. The molecule has 6 rings (SSSR count). The molecule has 2 aromatic heterocycles. The third-order valence-electron chi connectivity index (χ3n) is 8.46. The van der Waals surface area contributed by atoms with E-state index in [1.807, 2.05) is 18.2 Å². The number of nitrogens with one attached hydrogen (secondary N) is 1. The van der Waals surface area contributed by atoms with Gasteiger partial charge < -0.3 is 25.0 Å². The number of hydrogen-bond donors (Lipinski definition) is 2. The molecule has 3 heterocycles. The van der Waals surface area contributed by atoms with Crippen LogP contribution in [0.25, 0.3) is 11.2 Å². The van der Waals surface area contributed by atoms with Crippen molar-refractivity contribution in [3.63, 3.8) is 0 Å². The molecule has 3 aromatic carbocycles. The van der Waals surface area contributed by atoms with Gasteiger partial charge in [0.2, 0.25) is 0 Å². The minimum absolute atomic E-state index is 0.198. The fourth-order valence-electron chi connectivity index (χ4n) is 6.26. The summed E-state index contributed by atoms with van der Waals surface area (Å²) in [5.74, 6) is 0.00929. The summed E-state index contributed by atoms with van der Waals surface area (Å²) in [5, 5.41) is 5.01. The minimum Gasteiger partial charge on any atom is -0.405 e. The van der Waals surface area contributed by atoms with E-state index in [2.05, 4.69) is 89.6 Å². The molecular formula is C34H38N6O4Si. The van der Waals surface area contributed by atoms with E-state index in [0.29, 0.717) is 22.5 Å². The van der Waals surface area contributed by atoms with Crippen LogP contribution in [-0.4, -0.2) is 65.7 Å². The van der Waals surface area contributed by atoms with Crippen molar-refractivity contribution in [1.29, 1.82) is 0 Å². The van der Waals surface area contributed by atoms with Crippen LogP contribution < -0.4 is 21.4 Å². The van der Waals surface area contributed by atoms with Gasteiger partial charge in [0, 0.05) is 12.7 Å². The Morgan fingerprint density at radius 3 is 2.11 bits per heavy atom. The Morgan fingerprint density at radius 1 is 0.933 bits per heavy atom. The number of rotatable bonds is 9. The number of carbonyl (C=O) groups is 1. The molecule has 0 saturated carbocycles. The second kappa shape index (κ2) is 12.6. The second-order valence-electron chi connectivity index (χ2n) is 12.2. The predicted octanol–water partition coefficient (Wildman–Crippen LogP) is 3.89. The van der Waals surface area contributed by atoms with Gasteiger partial charge in [-0.1, -0.05) is 99.6 Å². The Hall–Kier alpha value is -4.26. The van der Waals surface area contributed by atoms with Gasteiger partial charge in [0.1, 0.15) is 18.5 Å². The summed E-state index contributed by atoms with van der Waals surface area (Å²) in [5.41, 5.74) is 8.24. The third-order valence-corrected chi connectivity index (χ3v) is 13.5. The van der Waals surface area contributed by atoms with Crippen LogP contribution in [0.15, 0.2) is 104 Å². The lowest BCUT2D eigenvalue weighted by Gasteiger charge is -2.43. The van der Waals surface area contributed by atoms with E-state index >= 15 is 0 Å². The normalized spacial score (nSPS) is 20.4. The summed E-state index contributed by atoms with van der Waals surface area (Å²) in [6.07, 6.45) is 1.40. The summed E-state index contributed by atoms with van der Waals surface area (Å²) in [6.45, 7) is 6.98. The molecule has 1 amide bonds. The molecule has 0 aliphatic carbocycles. The number of nitrogens with zero attached hydrogens (tertiary/aromatic N) is 4. The third kappa shape index (κ3) is 5.69. The highest BCUT2D eigenvalue weighted by atomic mass is 28.4. The van der Waals surface area contributed by atoms with Crippen LogP contribution >= 0.6 is 0 Å². The lowest BCUT2D eigenvalue weighted by molar-refractivity contribution is -0.0567. The van der Waals surface area contributed by atoms with E-state index in [0.717, 1.165) is 0 Å². The average Bonchev–Trinajstić information content (AvgIpc) is 3.63. The molecule has 1 unspecified atom stereocenters. The number of aromatic nitrogens is 4. The number of nitrogens with two attached hydrogens (primary N) is 1. The Balaban J connectivity index is 1.29. The molecule has 45 heavy (non-hydrogen) atoms.